The molecular formula is C21H24BrN3O4S2. The smallest absolute Gasteiger partial charge is 0.257 e. The van der Waals surface area contributed by atoms with Gasteiger partial charge in [0.1, 0.15) is 5.75 Å². The lowest BCUT2D eigenvalue weighted by molar-refractivity contribution is 0.0977. The first-order chi connectivity index (χ1) is 14.7. The maximum Gasteiger partial charge on any atom is 0.257 e. The third-order valence-corrected chi connectivity index (χ3v) is 7.34. The quantitative estimate of drug-likeness (QED) is 0.550. The molecule has 0 saturated carbocycles. The van der Waals surface area contributed by atoms with Gasteiger partial charge < -0.3 is 10.1 Å². The Balaban J connectivity index is 1.60. The predicted octanol–water partition coefficient (Wildman–Crippen LogP) is 4.15. The fraction of sp³-hybridized carbons (Fsp3) is 0.333. The van der Waals surface area contributed by atoms with Crippen molar-refractivity contribution in [3.05, 3.63) is 52.5 Å². The second-order valence-electron chi connectivity index (χ2n) is 7.36. The Morgan fingerprint density at radius 2 is 1.77 bits per heavy atom. The summed E-state index contributed by atoms with van der Waals surface area (Å²) in [6, 6.07) is 11.3. The number of sulfonamides is 1. The first kappa shape index (κ1) is 23.6. The van der Waals surface area contributed by atoms with E-state index in [1.807, 2.05) is 13.8 Å². The van der Waals surface area contributed by atoms with Crippen LogP contribution in [-0.4, -0.2) is 42.9 Å². The topological polar surface area (TPSA) is 87.7 Å². The van der Waals surface area contributed by atoms with Crippen LogP contribution in [-0.2, 0) is 10.0 Å². The van der Waals surface area contributed by atoms with Gasteiger partial charge in [-0.3, -0.25) is 10.1 Å². The van der Waals surface area contributed by atoms with Crippen LogP contribution in [0.2, 0.25) is 0 Å². The largest absolute Gasteiger partial charge is 0.490 e. The van der Waals surface area contributed by atoms with Crippen LogP contribution in [0.25, 0.3) is 0 Å². The minimum atomic E-state index is -3.47. The number of rotatable bonds is 6. The van der Waals surface area contributed by atoms with E-state index >= 15 is 0 Å². The van der Waals surface area contributed by atoms with E-state index < -0.39 is 10.0 Å². The molecule has 1 aliphatic heterocycles. The summed E-state index contributed by atoms with van der Waals surface area (Å²) in [5.41, 5.74) is 0.992. The molecule has 0 spiro atoms. The molecule has 1 heterocycles. The second kappa shape index (κ2) is 10.1. The minimum absolute atomic E-state index is 0.0180. The number of benzene rings is 2. The van der Waals surface area contributed by atoms with Crippen molar-refractivity contribution in [3.8, 4) is 5.75 Å². The third kappa shape index (κ3) is 6.03. The lowest BCUT2D eigenvalue weighted by Crippen LogP contribution is -2.34. The predicted molar refractivity (Wildman–Crippen MR) is 128 cm³/mol. The van der Waals surface area contributed by atoms with E-state index in [1.54, 1.807) is 30.3 Å². The zero-order valence-electron chi connectivity index (χ0n) is 17.2. The molecule has 0 atom stereocenters. The Bertz CT molecular complexity index is 1070. The van der Waals surface area contributed by atoms with Gasteiger partial charge in [-0.2, -0.15) is 4.31 Å². The molecule has 0 unspecified atom stereocenters. The standard InChI is InChI=1S/C21H24BrN3O4S2/c1-14(2)29-19-10-5-15(13-18(19)22)20(26)24-21(30)23-16-6-8-17(9-7-16)31(27,28)25-11-3-4-12-25/h5-10,13-14H,3-4,11-12H2,1-2H3,(H2,23,24,26,30). The zero-order valence-corrected chi connectivity index (χ0v) is 20.4. The molecule has 1 fully saturated rings. The molecule has 2 N–H and O–H groups in total. The summed E-state index contributed by atoms with van der Waals surface area (Å²) < 4.78 is 33.0. The van der Waals surface area contributed by atoms with Crippen molar-refractivity contribution in [1.29, 1.82) is 0 Å². The van der Waals surface area contributed by atoms with Crippen molar-refractivity contribution in [2.75, 3.05) is 18.4 Å². The molecule has 10 heteroatoms. The van der Waals surface area contributed by atoms with Gasteiger partial charge in [-0.05, 0) is 97.3 Å². The van der Waals surface area contributed by atoms with Gasteiger partial charge in [0, 0.05) is 24.3 Å². The van der Waals surface area contributed by atoms with Gasteiger partial charge >= 0.3 is 0 Å². The van der Waals surface area contributed by atoms with Crippen molar-refractivity contribution in [2.24, 2.45) is 0 Å². The fourth-order valence-corrected chi connectivity index (χ4v) is 5.32. The number of thiocarbonyl (C=S) groups is 1. The number of nitrogens with one attached hydrogen (secondary N) is 2. The number of carbonyl (C=O) groups excluding carboxylic acids is 1. The zero-order chi connectivity index (χ0) is 22.6. The van der Waals surface area contributed by atoms with Gasteiger partial charge in [0.05, 0.1) is 15.5 Å². The molecule has 1 amide bonds. The molecular weight excluding hydrogens is 502 g/mol. The summed E-state index contributed by atoms with van der Waals surface area (Å²) in [5, 5.41) is 5.62. The Morgan fingerprint density at radius 1 is 1.13 bits per heavy atom. The molecule has 3 rings (SSSR count). The number of amides is 1. The maximum absolute atomic E-state index is 12.6. The summed E-state index contributed by atoms with van der Waals surface area (Å²) >= 11 is 8.62. The van der Waals surface area contributed by atoms with Gasteiger partial charge in [0.2, 0.25) is 10.0 Å². The molecule has 1 saturated heterocycles. The van der Waals surface area contributed by atoms with Crippen LogP contribution in [0, 0.1) is 0 Å². The van der Waals surface area contributed by atoms with E-state index in [0.717, 1.165) is 12.8 Å². The van der Waals surface area contributed by atoms with Gasteiger partial charge in [-0.15, -0.1) is 0 Å². The van der Waals surface area contributed by atoms with Crippen molar-refractivity contribution in [3.63, 3.8) is 0 Å². The Kier molecular flexibility index (Phi) is 7.68. The summed E-state index contributed by atoms with van der Waals surface area (Å²) in [6.07, 6.45) is 1.79. The highest BCUT2D eigenvalue weighted by atomic mass is 79.9. The van der Waals surface area contributed by atoms with E-state index in [1.165, 1.54) is 16.4 Å². The van der Waals surface area contributed by atoms with Crippen LogP contribution in [0.4, 0.5) is 5.69 Å². The Labute approximate surface area is 196 Å². The summed E-state index contributed by atoms with van der Waals surface area (Å²) in [6.45, 7) is 4.95. The number of halogens is 1. The highest BCUT2D eigenvalue weighted by Gasteiger charge is 2.26. The van der Waals surface area contributed by atoms with Gasteiger partial charge in [0.25, 0.3) is 5.91 Å². The number of nitrogens with zero attached hydrogens (tertiary/aromatic N) is 1. The van der Waals surface area contributed by atoms with E-state index in [2.05, 4.69) is 26.6 Å². The molecule has 0 aliphatic carbocycles. The molecule has 31 heavy (non-hydrogen) atoms. The van der Waals surface area contributed by atoms with Crippen LogP contribution in [0.5, 0.6) is 5.75 Å². The highest BCUT2D eigenvalue weighted by Crippen LogP contribution is 2.27. The fourth-order valence-electron chi connectivity index (χ4n) is 3.12. The summed E-state index contributed by atoms with van der Waals surface area (Å²) in [4.78, 5) is 12.7. The molecule has 166 valence electrons. The summed E-state index contributed by atoms with van der Waals surface area (Å²) in [7, 11) is -3.47. The molecule has 0 bridgehead atoms. The van der Waals surface area contributed by atoms with Gasteiger partial charge in [-0.1, -0.05) is 0 Å². The average molecular weight is 526 g/mol. The normalized spacial score (nSPS) is 14.5. The van der Waals surface area contributed by atoms with Gasteiger partial charge in [0.15, 0.2) is 5.11 Å². The molecule has 2 aromatic rings. The highest BCUT2D eigenvalue weighted by molar-refractivity contribution is 9.10. The number of ether oxygens (including phenoxy) is 1. The first-order valence-electron chi connectivity index (χ1n) is 9.85. The maximum atomic E-state index is 12.6. The van der Waals surface area contributed by atoms with Crippen LogP contribution in [0.15, 0.2) is 51.8 Å². The SMILES string of the molecule is CC(C)Oc1ccc(C(=O)NC(=S)Nc2ccc(S(=O)(=O)N3CCCC3)cc2)cc1Br. The Morgan fingerprint density at radius 3 is 2.35 bits per heavy atom. The monoisotopic (exact) mass is 525 g/mol. The van der Waals surface area contributed by atoms with E-state index in [4.69, 9.17) is 17.0 Å². The van der Waals surface area contributed by atoms with E-state index in [9.17, 15) is 13.2 Å². The van der Waals surface area contributed by atoms with E-state index in [0.29, 0.717) is 34.6 Å². The minimum Gasteiger partial charge on any atom is -0.490 e. The number of anilines is 1. The molecule has 0 radical (unpaired) electrons. The van der Waals surface area contributed by atoms with Crippen LogP contribution in [0.3, 0.4) is 0 Å². The number of carbonyl (C=O) groups is 1. The van der Waals surface area contributed by atoms with Crippen LogP contribution in [0.1, 0.15) is 37.0 Å². The lowest BCUT2D eigenvalue weighted by Gasteiger charge is -2.16. The first-order valence-corrected chi connectivity index (χ1v) is 12.5. The molecule has 0 aromatic heterocycles. The molecule has 1 aliphatic rings. The van der Waals surface area contributed by atoms with Crippen molar-refractivity contribution < 1.29 is 17.9 Å². The van der Waals surface area contributed by atoms with Crippen molar-refractivity contribution >= 4 is 54.9 Å². The van der Waals surface area contributed by atoms with Crippen LogP contribution < -0.4 is 15.4 Å². The lowest BCUT2D eigenvalue weighted by atomic mass is 10.2. The molecule has 2 aromatic carbocycles. The van der Waals surface area contributed by atoms with Crippen molar-refractivity contribution in [1.82, 2.24) is 9.62 Å². The number of hydrogen-bond donors (Lipinski definition) is 2. The van der Waals surface area contributed by atoms with Crippen LogP contribution >= 0.6 is 28.1 Å². The molecule has 7 nitrogen and oxygen atoms in total. The Hall–Kier alpha value is -2.01. The third-order valence-electron chi connectivity index (χ3n) is 4.60. The van der Waals surface area contributed by atoms with Gasteiger partial charge in [-0.25, -0.2) is 8.42 Å². The number of hydrogen-bond acceptors (Lipinski definition) is 5. The second-order valence-corrected chi connectivity index (χ2v) is 10.6. The summed E-state index contributed by atoms with van der Waals surface area (Å²) in [5.74, 6) is 0.277. The van der Waals surface area contributed by atoms with Crippen molar-refractivity contribution in [2.45, 2.75) is 37.7 Å². The van der Waals surface area contributed by atoms with E-state index in [-0.39, 0.29) is 22.0 Å². The average Bonchev–Trinajstić information content (AvgIpc) is 3.25.